The molecule has 0 saturated heterocycles. The molecule has 0 radical (unpaired) electrons. The minimum absolute atomic E-state index is 0.465. The molecule has 2 atom stereocenters. The van der Waals surface area contributed by atoms with E-state index < -0.39 is 0 Å². The minimum atomic E-state index is 0.465. The molecule has 0 spiro atoms. The van der Waals surface area contributed by atoms with Crippen molar-refractivity contribution in [2.75, 3.05) is 7.11 Å². The van der Waals surface area contributed by atoms with E-state index >= 15 is 0 Å². The number of hydrogen-bond donors (Lipinski definition) is 0. The Balaban J connectivity index is 1.82. The summed E-state index contributed by atoms with van der Waals surface area (Å²) < 4.78 is 13.4. The number of ether oxygens (including phenoxy) is 1. The van der Waals surface area contributed by atoms with Crippen LogP contribution in [0.4, 0.5) is 5.69 Å². The topological polar surface area (TPSA) is 39.7 Å². The molecule has 4 nitrogen and oxygen atoms in total. The van der Waals surface area contributed by atoms with E-state index in [1.54, 1.807) is 24.7 Å². The SMILES string of the molecule is COc1ccc(N=c2scc(-c3ccco3)n2C2CCCCC2C)cc1. The van der Waals surface area contributed by atoms with Crippen molar-refractivity contribution in [3.05, 3.63) is 52.8 Å². The number of hydrogen-bond acceptors (Lipinski definition) is 4. The Morgan fingerprint density at radius 2 is 1.96 bits per heavy atom. The molecule has 1 fully saturated rings. The van der Waals surface area contributed by atoms with Gasteiger partial charge in [0.25, 0.3) is 0 Å². The number of benzene rings is 1. The van der Waals surface area contributed by atoms with Gasteiger partial charge in [0.2, 0.25) is 0 Å². The Morgan fingerprint density at radius 3 is 2.65 bits per heavy atom. The molecule has 0 amide bonds. The molecule has 0 bridgehead atoms. The van der Waals surface area contributed by atoms with E-state index in [1.807, 2.05) is 36.4 Å². The summed E-state index contributed by atoms with van der Waals surface area (Å²) in [7, 11) is 1.68. The number of methoxy groups -OCH3 is 1. The van der Waals surface area contributed by atoms with Crippen LogP contribution in [0, 0.1) is 5.92 Å². The summed E-state index contributed by atoms with van der Waals surface area (Å²) in [6.07, 6.45) is 6.80. The fourth-order valence-corrected chi connectivity index (χ4v) is 4.73. The highest BCUT2D eigenvalue weighted by molar-refractivity contribution is 7.07. The summed E-state index contributed by atoms with van der Waals surface area (Å²) in [6, 6.07) is 12.3. The van der Waals surface area contributed by atoms with E-state index in [0.29, 0.717) is 12.0 Å². The molecule has 2 aromatic heterocycles. The second-order valence-corrected chi connectivity index (χ2v) is 7.73. The minimum Gasteiger partial charge on any atom is -0.497 e. The third-order valence-corrected chi connectivity index (χ3v) is 6.05. The van der Waals surface area contributed by atoms with Crippen molar-refractivity contribution in [3.63, 3.8) is 0 Å². The second kappa shape index (κ2) is 7.54. The van der Waals surface area contributed by atoms with Gasteiger partial charge in [0.05, 0.1) is 24.8 Å². The number of aromatic nitrogens is 1. The number of rotatable bonds is 4. The smallest absolute Gasteiger partial charge is 0.190 e. The van der Waals surface area contributed by atoms with Crippen molar-refractivity contribution >= 4 is 17.0 Å². The van der Waals surface area contributed by atoms with E-state index in [9.17, 15) is 0 Å². The maximum atomic E-state index is 5.71. The van der Waals surface area contributed by atoms with Gasteiger partial charge in [-0.2, -0.15) is 0 Å². The van der Waals surface area contributed by atoms with Crippen LogP contribution in [0.3, 0.4) is 0 Å². The van der Waals surface area contributed by atoms with Gasteiger partial charge in [0.1, 0.15) is 5.75 Å². The first-order valence-electron chi connectivity index (χ1n) is 9.19. The van der Waals surface area contributed by atoms with Gasteiger partial charge < -0.3 is 13.7 Å². The summed E-state index contributed by atoms with van der Waals surface area (Å²) >= 11 is 1.68. The van der Waals surface area contributed by atoms with Gasteiger partial charge in [0.15, 0.2) is 10.6 Å². The summed E-state index contributed by atoms with van der Waals surface area (Å²) in [4.78, 5) is 5.97. The maximum Gasteiger partial charge on any atom is 0.190 e. The molecule has 2 heterocycles. The molecule has 3 aromatic rings. The van der Waals surface area contributed by atoms with E-state index in [2.05, 4.69) is 16.9 Å². The van der Waals surface area contributed by atoms with Crippen molar-refractivity contribution in [2.45, 2.75) is 38.6 Å². The first kappa shape index (κ1) is 17.2. The Morgan fingerprint density at radius 1 is 1.15 bits per heavy atom. The second-order valence-electron chi connectivity index (χ2n) is 6.89. The monoisotopic (exact) mass is 368 g/mol. The summed E-state index contributed by atoms with van der Waals surface area (Å²) in [5, 5.41) is 2.17. The quantitative estimate of drug-likeness (QED) is 0.584. The zero-order chi connectivity index (χ0) is 17.9. The molecule has 0 N–H and O–H groups in total. The molecule has 1 aliphatic carbocycles. The highest BCUT2D eigenvalue weighted by Crippen LogP contribution is 2.36. The van der Waals surface area contributed by atoms with Crippen LogP contribution in [0.15, 0.2) is 57.5 Å². The van der Waals surface area contributed by atoms with Crippen molar-refractivity contribution in [1.82, 2.24) is 4.57 Å². The summed E-state index contributed by atoms with van der Waals surface area (Å²) in [5.74, 6) is 2.40. The molecular weight excluding hydrogens is 344 g/mol. The van der Waals surface area contributed by atoms with E-state index in [-0.39, 0.29) is 0 Å². The van der Waals surface area contributed by atoms with Gasteiger partial charge in [-0.1, -0.05) is 19.8 Å². The molecule has 1 saturated carbocycles. The number of thiazole rings is 1. The lowest BCUT2D eigenvalue weighted by atomic mass is 9.85. The highest BCUT2D eigenvalue weighted by atomic mass is 32.1. The fraction of sp³-hybridized carbons (Fsp3) is 0.381. The van der Waals surface area contributed by atoms with Crippen molar-refractivity contribution < 1.29 is 9.15 Å². The number of furan rings is 1. The predicted molar refractivity (Wildman–Crippen MR) is 105 cm³/mol. The van der Waals surface area contributed by atoms with E-state index in [0.717, 1.165) is 27.7 Å². The van der Waals surface area contributed by atoms with Crippen LogP contribution in [0.25, 0.3) is 11.5 Å². The van der Waals surface area contributed by atoms with Gasteiger partial charge in [-0.05, 0) is 55.2 Å². The van der Waals surface area contributed by atoms with Gasteiger partial charge in [-0.3, -0.25) is 0 Å². The summed E-state index contributed by atoms with van der Waals surface area (Å²) in [6.45, 7) is 2.36. The van der Waals surface area contributed by atoms with Crippen LogP contribution in [0.2, 0.25) is 0 Å². The lowest BCUT2D eigenvalue weighted by molar-refractivity contribution is 0.255. The Labute approximate surface area is 157 Å². The molecule has 4 rings (SSSR count). The lowest BCUT2D eigenvalue weighted by Crippen LogP contribution is -2.28. The third-order valence-electron chi connectivity index (χ3n) is 5.21. The van der Waals surface area contributed by atoms with E-state index in [4.69, 9.17) is 14.1 Å². The molecule has 0 aliphatic heterocycles. The Kier molecular flexibility index (Phi) is 4.98. The van der Waals surface area contributed by atoms with Crippen molar-refractivity contribution in [1.29, 1.82) is 0 Å². The van der Waals surface area contributed by atoms with Gasteiger partial charge >= 0.3 is 0 Å². The third kappa shape index (κ3) is 3.36. The molecule has 1 aromatic carbocycles. The van der Waals surface area contributed by atoms with Crippen LogP contribution in [0.1, 0.15) is 38.6 Å². The lowest BCUT2D eigenvalue weighted by Gasteiger charge is -2.31. The molecular formula is C21H24N2O2S. The number of nitrogens with zero attached hydrogens (tertiary/aromatic N) is 2. The molecule has 1 aliphatic rings. The normalized spacial score (nSPS) is 21.1. The zero-order valence-electron chi connectivity index (χ0n) is 15.2. The molecule has 2 unspecified atom stereocenters. The average molecular weight is 369 g/mol. The zero-order valence-corrected chi connectivity index (χ0v) is 16.0. The van der Waals surface area contributed by atoms with Crippen LogP contribution >= 0.6 is 11.3 Å². The van der Waals surface area contributed by atoms with Crippen LogP contribution < -0.4 is 9.54 Å². The first-order chi connectivity index (χ1) is 12.8. The van der Waals surface area contributed by atoms with Crippen LogP contribution in [-0.2, 0) is 0 Å². The molecule has 136 valence electrons. The van der Waals surface area contributed by atoms with Crippen molar-refractivity contribution in [3.8, 4) is 17.2 Å². The average Bonchev–Trinajstić information content (AvgIpc) is 3.33. The van der Waals surface area contributed by atoms with Gasteiger partial charge in [-0.15, -0.1) is 11.3 Å². The van der Waals surface area contributed by atoms with Gasteiger partial charge in [-0.25, -0.2) is 4.99 Å². The fourth-order valence-electron chi connectivity index (χ4n) is 3.77. The van der Waals surface area contributed by atoms with E-state index in [1.165, 1.54) is 25.7 Å². The standard InChI is InChI=1S/C21H24N2O2S/c1-15-6-3-4-7-18(15)23-19(20-8-5-13-25-20)14-26-21(23)22-16-9-11-17(24-2)12-10-16/h5,8-15,18H,3-4,6-7H2,1-2H3. The van der Waals surface area contributed by atoms with Crippen LogP contribution in [0.5, 0.6) is 5.75 Å². The van der Waals surface area contributed by atoms with Crippen molar-refractivity contribution in [2.24, 2.45) is 10.9 Å². The highest BCUT2D eigenvalue weighted by Gasteiger charge is 2.26. The Bertz CT molecular complexity index is 906. The maximum absolute atomic E-state index is 5.71. The summed E-state index contributed by atoms with van der Waals surface area (Å²) in [5.41, 5.74) is 2.07. The largest absolute Gasteiger partial charge is 0.497 e. The van der Waals surface area contributed by atoms with Crippen LogP contribution in [-0.4, -0.2) is 11.7 Å². The van der Waals surface area contributed by atoms with Gasteiger partial charge in [0, 0.05) is 11.4 Å². The first-order valence-corrected chi connectivity index (χ1v) is 10.1. The predicted octanol–water partition coefficient (Wildman–Crippen LogP) is 5.80. The molecule has 5 heteroatoms. The Hall–Kier alpha value is -2.27. The molecule has 26 heavy (non-hydrogen) atoms.